The minimum Gasteiger partial charge on any atom is -0.467 e. The van der Waals surface area contributed by atoms with Crippen molar-refractivity contribution in [3.8, 4) is 0 Å². The van der Waals surface area contributed by atoms with Crippen LogP contribution < -0.4 is 10.6 Å². The second-order valence-corrected chi connectivity index (χ2v) is 6.33. The lowest BCUT2D eigenvalue weighted by atomic mass is 9.95. The maximum absolute atomic E-state index is 5.36. The summed E-state index contributed by atoms with van der Waals surface area (Å²) in [5.41, 5.74) is 0.952. The topological polar surface area (TPSA) is 63.0 Å². The lowest BCUT2D eigenvalue weighted by molar-refractivity contribution is 0.462. The summed E-state index contributed by atoms with van der Waals surface area (Å²) in [4.78, 5) is 9.34. The lowest BCUT2D eigenvalue weighted by Gasteiger charge is -2.24. The van der Waals surface area contributed by atoms with E-state index in [0.29, 0.717) is 18.5 Å². The first-order valence-corrected chi connectivity index (χ1v) is 8.68. The van der Waals surface area contributed by atoms with Crippen molar-refractivity contribution in [2.45, 2.75) is 44.7 Å². The minimum atomic E-state index is 0.509. The van der Waals surface area contributed by atoms with Crippen molar-refractivity contribution in [2.75, 3.05) is 10.6 Å². The van der Waals surface area contributed by atoms with E-state index in [9.17, 15) is 0 Å². The molecule has 0 radical (unpaired) electrons. The van der Waals surface area contributed by atoms with Gasteiger partial charge in [-0.3, -0.25) is 0 Å². The first-order chi connectivity index (χ1) is 11.9. The summed E-state index contributed by atoms with van der Waals surface area (Å²) in [7, 11) is 0. The molecule has 1 aromatic carbocycles. The number of rotatable bonds is 5. The van der Waals surface area contributed by atoms with Crippen LogP contribution in [-0.4, -0.2) is 16.0 Å². The number of hydrogen-bond donors (Lipinski definition) is 2. The number of nitrogens with one attached hydrogen (secondary N) is 2. The molecule has 1 saturated carbocycles. The molecule has 2 heterocycles. The van der Waals surface area contributed by atoms with Gasteiger partial charge in [0.05, 0.1) is 18.3 Å². The van der Waals surface area contributed by atoms with Gasteiger partial charge in [-0.1, -0.05) is 31.4 Å². The molecule has 5 heteroatoms. The van der Waals surface area contributed by atoms with Crippen LogP contribution in [-0.2, 0) is 6.54 Å². The SMILES string of the molecule is c1coc(CNc2nc(NC3CCCCC3)c3ccccc3n2)c1. The number of fused-ring (bicyclic) bond motifs is 1. The zero-order chi connectivity index (χ0) is 16.2. The maximum atomic E-state index is 5.36. The second-order valence-electron chi connectivity index (χ2n) is 6.33. The molecule has 4 rings (SSSR count). The van der Waals surface area contributed by atoms with Gasteiger partial charge in [0.15, 0.2) is 0 Å². The third-order valence-electron chi connectivity index (χ3n) is 4.55. The first kappa shape index (κ1) is 15.0. The quantitative estimate of drug-likeness (QED) is 0.720. The highest BCUT2D eigenvalue weighted by molar-refractivity contribution is 5.90. The van der Waals surface area contributed by atoms with Gasteiger partial charge in [0.2, 0.25) is 5.95 Å². The van der Waals surface area contributed by atoms with Crippen LogP contribution in [0.2, 0.25) is 0 Å². The fourth-order valence-corrected chi connectivity index (χ4v) is 3.29. The van der Waals surface area contributed by atoms with E-state index in [0.717, 1.165) is 22.5 Å². The highest BCUT2D eigenvalue weighted by atomic mass is 16.3. The predicted molar refractivity (Wildman–Crippen MR) is 96.1 cm³/mol. The fraction of sp³-hybridized carbons (Fsp3) is 0.368. The van der Waals surface area contributed by atoms with E-state index >= 15 is 0 Å². The minimum absolute atomic E-state index is 0.509. The molecular formula is C19H22N4O. The Morgan fingerprint density at radius 3 is 2.71 bits per heavy atom. The highest BCUT2D eigenvalue weighted by Gasteiger charge is 2.16. The van der Waals surface area contributed by atoms with Crippen LogP contribution in [0.3, 0.4) is 0 Å². The van der Waals surface area contributed by atoms with Crippen molar-refractivity contribution >= 4 is 22.7 Å². The van der Waals surface area contributed by atoms with Crippen LogP contribution in [0.25, 0.3) is 10.9 Å². The number of aromatic nitrogens is 2. The molecule has 124 valence electrons. The molecule has 1 fully saturated rings. The lowest BCUT2D eigenvalue weighted by Crippen LogP contribution is -2.23. The summed E-state index contributed by atoms with van der Waals surface area (Å²) in [5, 5.41) is 7.98. The number of hydrogen-bond acceptors (Lipinski definition) is 5. The molecule has 1 aliphatic rings. The van der Waals surface area contributed by atoms with E-state index in [1.807, 2.05) is 30.3 Å². The van der Waals surface area contributed by atoms with Crippen molar-refractivity contribution in [2.24, 2.45) is 0 Å². The molecular weight excluding hydrogens is 300 g/mol. The van der Waals surface area contributed by atoms with Crippen molar-refractivity contribution < 1.29 is 4.42 Å². The van der Waals surface area contributed by atoms with Gasteiger partial charge in [-0.15, -0.1) is 0 Å². The van der Waals surface area contributed by atoms with Gasteiger partial charge in [-0.05, 0) is 37.1 Å². The van der Waals surface area contributed by atoms with Crippen molar-refractivity contribution in [3.63, 3.8) is 0 Å². The molecule has 0 bridgehead atoms. The Bertz CT molecular complexity index is 794. The summed E-state index contributed by atoms with van der Waals surface area (Å²) in [6.07, 6.45) is 8.04. The average molecular weight is 322 g/mol. The van der Waals surface area contributed by atoms with Crippen LogP contribution in [0.15, 0.2) is 47.1 Å². The molecule has 0 saturated heterocycles. The van der Waals surface area contributed by atoms with E-state index in [-0.39, 0.29) is 0 Å². The van der Waals surface area contributed by atoms with Crippen LogP contribution in [0.4, 0.5) is 11.8 Å². The van der Waals surface area contributed by atoms with Gasteiger partial charge in [-0.2, -0.15) is 4.98 Å². The Balaban J connectivity index is 1.60. The molecule has 0 amide bonds. The standard InChI is InChI=1S/C19H22N4O/c1-2-7-14(8-3-1)21-18-16-10-4-5-11-17(16)22-19(23-18)20-13-15-9-6-12-24-15/h4-6,9-12,14H,1-3,7-8,13H2,(H2,20,21,22,23). The normalized spacial score (nSPS) is 15.5. The molecule has 5 nitrogen and oxygen atoms in total. The Morgan fingerprint density at radius 1 is 1.00 bits per heavy atom. The van der Waals surface area contributed by atoms with Gasteiger partial charge in [-0.25, -0.2) is 4.98 Å². The van der Waals surface area contributed by atoms with E-state index in [1.54, 1.807) is 6.26 Å². The predicted octanol–water partition coefficient (Wildman–Crippen LogP) is 4.58. The average Bonchev–Trinajstić information content (AvgIpc) is 3.14. The van der Waals surface area contributed by atoms with Crippen molar-refractivity contribution in [1.82, 2.24) is 9.97 Å². The third kappa shape index (κ3) is 3.35. The van der Waals surface area contributed by atoms with Gasteiger partial charge < -0.3 is 15.1 Å². The zero-order valence-electron chi connectivity index (χ0n) is 13.7. The monoisotopic (exact) mass is 322 g/mol. The summed E-state index contributed by atoms with van der Waals surface area (Å²) < 4.78 is 5.36. The highest BCUT2D eigenvalue weighted by Crippen LogP contribution is 2.26. The van der Waals surface area contributed by atoms with Gasteiger partial charge >= 0.3 is 0 Å². The first-order valence-electron chi connectivity index (χ1n) is 8.68. The fourth-order valence-electron chi connectivity index (χ4n) is 3.29. The van der Waals surface area contributed by atoms with Crippen LogP contribution in [0.5, 0.6) is 0 Å². The van der Waals surface area contributed by atoms with Crippen molar-refractivity contribution in [1.29, 1.82) is 0 Å². The molecule has 0 aliphatic heterocycles. The molecule has 1 aliphatic carbocycles. The number of benzene rings is 1. The second kappa shape index (κ2) is 6.91. The van der Waals surface area contributed by atoms with Gasteiger partial charge in [0.25, 0.3) is 0 Å². The van der Waals surface area contributed by atoms with E-state index in [4.69, 9.17) is 9.40 Å². The molecule has 2 aromatic heterocycles. The number of anilines is 2. The molecule has 2 N–H and O–H groups in total. The number of nitrogens with zero attached hydrogens (tertiary/aromatic N) is 2. The Morgan fingerprint density at radius 2 is 1.88 bits per heavy atom. The van der Waals surface area contributed by atoms with Gasteiger partial charge in [0, 0.05) is 11.4 Å². The van der Waals surface area contributed by atoms with Crippen LogP contribution in [0.1, 0.15) is 37.9 Å². The molecule has 0 atom stereocenters. The smallest absolute Gasteiger partial charge is 0.225 e. The Hall–Kier alpha value is -2.56. The summed E-state index contributed by atoms with van der Waals surface area (Å²) in [5.74, 6) is 2.42. The molecule has 24 heavy (non-hydrogen) atoms. The molecule has 3 aromatic rings. The maximum Gasteiger partial charge on any atom is 0.225 e. The Kier molecular flexibility index (Phi) is 4.32. The zero-order valence-corrected chi connectivity index (χ0v) is 13.7. The van der Waals surface area contributed by atoms with E-state index in [2.05, 4.69) is 21.7 Å². The van der Waals surface area contributed by atoms with Crippen molar-refractivity contribution in [3.05, 3.63) is 48.4 Å². The largest absolute Gasteiger partial charge is 0.467 e. The van der Waals surface area contributed by atoms with Crippen LogP contribution >= 0.6 is 0 Å². The Labute approximate surface area is 141 Å². The number of furan rings is 1. The number of para-hydroxylation sites is 1. The van der Waals surface area contributed by atoms with Crippen LogP contribution in [0, 0.1) is 0 Å². The van der Waals surface area contributed by atoms with Gasteiger partial charge in [0.1, 0.15) is 11.6 Å². The molecule has 0 unspecified atom stereocenters. The third-order valence-corrected chi connectivity index (χ3v) is 4.55. The van der Waals surface area contributed by atoms with E-state index < -0.39 is 0 Å². The molecule has 0 spiro atoms. The summed E-state index contributed by atoms with van der Waals surface area (Å²) in [6.45, 7) is 0.578. The summed E-state index contributed by atoms with van der Waals surface area (Å²) in [6, 6.07) is 12.5. The van der Waals surface area contributed by atoms with E-state index in [1.165, 1.54) is 32.1 Å². The summed E-state index contributed by atoms with van der Waals surface area (Å²) >= 11 is 0.